The highest BCUT2D eigenvalue weighted by molar-refractivity contribution is 7.53. The molecule has 4 N–H and O–H groups in total. The highest BCUT2D eigenvalue weighted by Crippen LogP contribution is 2.45. The summed E-state index contributed by atoms with van der Waals surface area (Å²) in [7, 11) is -4.30. The second-order valence-electron chi connectivity index (χ2n) is 1.51. The van der Waals surface area contributed by atoms with E-state index in [0.29, 0.717) is 0 Å². The fraction of sp³-hybridized carbons (Fsp3) is 0.667. The van der Waals surface area contributed by atoms with Crippen LogP contribution in [0.15, 0.2) is 0 Å². The third kappa shape index (κ3) is 6.03. The van der Waals surface area contributed by atoms with Gasteiger partial charge in [-0.2, -0.15) is 19.2 Å². The van der Waals surface area contributed by atoms with Crippen molar-refractivity contribution < 1.29 is 29.1 Å². The Balaban J connectivity index is 3.45. The Bertz CT molecular complexity index is 108. The van der Waals surface area contributed by atoms with Gasteiger partial charge >= 0.3 is 8.17 Å². The SMILES string of the molecule is O=C[C@H](O)CO[P+](O)(O)O. The molecule has 0 aromatic carbocycles. The van der Waals surface area contributed by atoms with Gasteiger partial charge in [0, 0.05) is 0 Å². The van der Waals surface area contributed by atoms with Crippen molar-refractivity contribution in [3.05, 3.63) is 0 Å². The van der Waals surface area contributed by atoms with E-state index in [4.69, 9.17) is 19.8 Å². The largest absolute Gasteiger partial charge is 0.567 e. The average Bonchev–Trinajstić information content (AvgIpc) is 1.81. The first-order valence-electron chi connectivity index (χ1n) is 2.31. The second-order valence-corrected chi connectivity index (χ2v) is 2.80. The Labute approximate surface area is 57.4 Å². The smallest absolute Gasteiger partial charge is 0.383 e. The molecule has 0 aromatic rings. The van der Waals surface area contributed by atoms with E-state index in [1.54, 1.807) is 0 Å². The molecule has 0 amide bonds. The van der Waals surface area contributed by atoms with Crippen LogP contribution >= 0.6 is 8.17 Å². The Morgan fingerprint density at radius 2 is 2.00 bits per heavy atom. The van der Waals surface area contributed by atoms with Gasteiger partial charge in [-0.1, -0.05) is 0 Å². The normalized spacial score (nSPS) is 14.8. The van der Waals surface area contributed by atoms with Gasteiger partial charge in [-0.25, -0.2) is 0 Å². The summed E-state index contributed by atoms with van der Waals surface area (Å²) in [5.41, 5.74) is 0. The van der Waals surface area contributed by atoms with Gasteiger partial charge in [0.15, 0.2) is 6.29 Å². The number of rotatable bonds is 4. The van der Waals surface area contributed by atoms with Crippen LogP contribution in [-0.2, 0) is 9.32 Å². The van der Waals surface area contributed by atoms with Crippen molar-refractivity contribution in [2.75, 3.05) is 6.61 Å². The van der Waals surface area contributed by atoms with Crippen molar-refractivity contribution in [1.29, 1.82) is 0 Å². The minimum absolute atomic E-state index is 0.148. The third-order valence-corrected chi connectivity index (χ3v) is 1.07. The lowest BCUT2D eigenvalue weighted by Crippen LogP contribution is -2.16. The lowest BCUT2D eigenvalue weighted by Gasteiger charge is -2.02. The number of aliphatic hydroxyl groups is 1. The van der Waals surface area contributed by atoms with E-state index in [2.05, 4.69) is 4.52 Å². The van der Waals surface area contributed by atoms with Gasteiger partial charge in [0.25, 0.3) is 0 Å². The molecule has 0 heterocycles. The molecule has 60 valence electrons. The van der Waals surface area contributed by atoms with E-state index >= 15 is 0 Å². The summed E-state index contributed by atoms with van der Waals surface area (Å²) in [6.07, 6.45) is -1.29. The summed E-state index contributed by atoms with van der Waals surface area (Å²) in [6.45, 7) is -0.624. The fourth-order valence-electron chi connectivity index (χ4n) is 0.216. The topological polar surface area (TPSA) is 107 Å². The summed E-state index contributed by atoms with van der Waals surface area (Å²) < 4.78 is 3.88. The van der Waals surface area contributed by atoms with Gasteiger partial charge < -0.3 is 9.90 Å². The first-order chi connectivity index (χ1) is 4.45. The number of hydrogen-bond acceptors (Lipinski definition) is 6. The van der Waals surface area contributed by atoms with Crippen molar-refractivity contribution in [3.8, 4) is 0 Å². The molecule has 0 rings (SSSR count). The Hall–Kier alpha value is -0.100. The highest BCUT2D eigenvalue weighted by atomic mass is 31.2. The number of carbonyl (C=O) groups excluding carboxylic acids is 1. The zero-order chi connectivity index (χ0) is 8.20. The molecule has 0 aliphatic heterocycles. The van der Waals surface area contributed by atoms with Gasteiger partial charge in [0.1, 0.15) is 12.7 Å². The maximum Gasteiger partial charge on any atom is 0.567 e. The molecule has 0 aliphatic carbocycles. The van der Waals surface area contributed by atoms with Gasteiger partial charge in [-0.3, -0.25) is 0 Å². The highest BCUT2D eigenvalue weighted by Gasteiger charge is 2.33. The molecule has 0 fully saturated rings. The summed E-state index contributed by atoms with van der Waals surface area (Å²) in [5.74, 6) is 0. The van der Waals surface area contributed by atoms with Crippen LogP contribution in [0.25, 0.3) is 0 Å². The van der Waals surface area contributed by atoms with Crippen LogP contribution in [0.5, 0.6) is 0 Å². The zero-order valence-corrected chi connectivity index (χ0v) is 5.81. The van der Waals surface area contributed by atoms with Gasteiger partial charge in [-0.15, -0.1) is 0 Å². The number of carbonyl (C=O) groups is 1. The van der Waals surface area contributed by atoms with Crippen molar-refractivity contribution >= 4 is 14.5 Å². The zero-order valence-electron chi connectivity index (χ0n) is 4.91. The maximum absolute atomic E-state index is 9.66. The van der Waals surface area contributed by atoms with Crippen LogP contribution in [0.1, 0.15) is 0 Å². The predicted octanol–water partition coefficient (Wildman–Crippen LogP) is -1.78. The van der Waals surface area contributed by atoms with Crippen molar-refractivity contribution in [2.45, 2.75) is 6.10 Å². The first-order valence-corrected chi connectivity index (χ1v) is 3.87. The quantitative estimate of drug-likeness (QED) is 0.294. The van der Waals surface area contributed by atoms with E-state index in [-0.39, 0.29) is 6.29 Å². The average molecular weight is 171 g/mol. The van der Waals surface area contributed by atoms with Crippen molar-refractivity contribution in [3.63, 3.8) is 0 Å². The van der Waals surface area contributed by atoms with Crippen LogP contribution in [-0.4, -0.2) is 38.8 Å². The molecule has 0 bridgehead atoms. The molecular formula is C3H8O6P+. The van der Waals surface area contributed by atoms with Gasteiger partial charge in [0.2, 0.25) is 0 Å². The molecule has 10 heavy (non-hydrogen) atoms. The van der Waals surface area contributed by atoms with Crippen LogP contribution < -0.4 is 0 Å². The number of hydrogen-bond donors (Lipinski definition) is 4. The fourth-order valence-corrected chi connectivity index (χ4v) is 0.568. The Morgan fingerprint density at radius 1 is 1.50 bits per heavy atom. The molecule has 1 atom stereocenters. The minimum Gasteiger partial charge on any atom is -0.383 e. The van der Waals surface area contributed by atoms with Crippen LogP contribution in [0.3, 0.4) is 0 Å². The van der Waals surface area contributed by atoms with Crippen LogP contribution in [0.2, 0.25) is 0 Å². The lowest BCUT2D eigenvalue weighted by molar-refractivity contribution is -0.116. The molecule has 0 saturated carbocycles. The van der Waals surface area contributed by atoms with E-state index in [0.717, 1.165) is 0 Å². The lowest BCUT2D eigenvalue weighted by atomic mass is 10.4. The Kier molecular flexibility index (Phi) is 3.88. The van der Waals surface area contributed by atoms with Gasteiger partial charge in [0.05, 0.1) is 0 Å². The summed E-state index contributed by atoms with van der Waals surface area (Å²) in [6, 6.07) is 0. The minimum atomic E-state index is -4.30. The van der Waals surface area contributed by atoms with E-state index < -0.39 is 20.9 Å². The third-order valence-electron chi connectivity index (χ3n) is 0.576. The summed E-state index contributed by atoms with van der Waals surface area (Å²) >= 11 is 0. The molecule has 6 nitrogen and oxygen atoms in total. The van der Waals surface area contributed by atoms with Gasteiger partial charge in [-0.05, 0) is 0 Å². The van der Waals surface area contributed by atoms with Crippen LogP contribution in [0, 0.1) is 0 Å². The van der Waals surface area contributed by atoms with E-state index in [1.165, 1.54) is 0 Å². The van der Waals surface area contributed by atoms with Crippen LogP contribution in [0.4, 0.5) is 0 Å². The molecule has 0 saturated heterocycles. The number of aliphatic hydroxyl groups excluding tert-OH is 1. The monoisotopic (exact) mass is 171 g/mol. The molecule has 0 aromatic heterocycles. The summed E-state index contributed by atoms with van der Waals surface area (Å²) in [5, 5.41) is 8.41. The second kappa shape index (κ2) is 3.92. The molecule has 0 radical (unpaired) electrons. The molecule has 0 unspecified atom stereocenters. The maximum atomic E-state index is 9.66. The Morgan fingerprint density at radius 3 is 2.30 bits per heavy atom. The molecule has 0 aliphatic rings. The van der Waals surface area contributed by atoms with Crippen molar-refractivity contribution in [1.82, 2.24) is 0 Å². The van der Waals surface area contributed by atoms with Crippen molar-refractivity contribution in [2.24, 2.45) is 0 Å². The predicted molar refractivity (Wildman–Crippen MR) is 31.6 cm³/mol. The standard InChI is InChI=1S/C3H8O6P/c4-1-3(5)2-9-10(6,7)8/h1,3,5-8H,2H2/q+1/t3-/m0/s1. The molecule has 0 spiro atoms. The molecule has 7 heteroatoms. The molecular weight excluding hydrogens is 163 g/mol. The van der Waals surface area contributed by atoms with E-state index in [1.807, 2.05) is 0 Å². The van der Waals surface area contributed by atoms with E-state index in [9.17, 15) is 4.79 Å². The first kappa shape index (κ1) is 9.90. The summed E-state index contributed by atoms with van der Waals surface area (Å²) in [4.78, 5) is 34.1. The number of aldehydes is 1.